The van der Waals surface area contributed by atoms with Crippen LogP contribution in [0.25, 0.3) is 5.70 Å². The SMILES string of the molecule is CC(C)OCCCNc1nccc(/C(N)=C2/Nc3ccccc3O2)n1. The average molecular weight is 341 g/mol. The number of aromatic nitrogens is 2. The Morgan fingerprint density at radius 3 is 2.96 bits per heavy atom. The molecule has 0 aliphatic carbocycles. The summed E-state index contributed by atoms with van der Waals surface area (Å²) >= 11 is 0. The van der Waals surface area contributed by atoms with Crippen LogP contribution in [0.2, 0.25) is 0 Å². The fourth-order valence-electron chi connectivity index (χ4n) is 2.34. The highest BCUT2D eigenvalue weighted by Gasteiger charge is 2.20. The molecule has 0 bridgehead atoms. The van der Waals surface area contributed by atoms with Crippen LogP contribution in [0.4, 0.5) is 11.6 Å². The Hall–Kier alpha value is -2.80. The zero-order valence-electron chi connectivity index (χ0n) is 14.5. The Morgan fingerprint density at radius 2 is 2.16 bits per heavy atom. The lowest BCUT2D eigenvalue weighted by Crippen LogP contribution is -2.13. The molecule has 132 valence electrons. The van der Waals surface area contributed by atoms with Gasteiger partial charge in [-0.05, 0) is 38.5 Å². The predicted molar refractivity (Wildman–Crippen MR) is 98.0 cm³/mol. The molecule has 25 heavy (non-hydrogen) atoms. The second-order valence-electron chi connectivity index (χ2n) is 5.93. The van der Waals surface area contributed by atoms with Crippen molar-refractivity contribution in [3.8, 4) is 5.75 Å². The molecule has 0 saturated carbocycles. The first kappa shape index (κ1) is 17.0. The number of nitrogens with one attached hydrogen (secondary N) is 2. The molecule has 0 atom stereocenters. The molecule has 1 aliphatic rings. The normalized spacial score (nSPS) is 14.7. The summed E-state index contributed by atoms with van der Waals surface area (Å²) in [6, 6.07) is 9.42. The molecule has 1 aromatic heterocycles. The van der Waals surface area contributed by atoms with Crippen LogP contribution in [0.15, 0.2) is 42.4 Å². The number of rotatable bonds is 7. The number of anilines is 2. The summed E-state index contributed by atoms with van der Waals surface area (Å²) in [5, 5.41) is 6.34. The van der Waals surface area contributed by atoms with Crippen molar-refractivity contribution in [2.45, 2.75) is 26.4 Å². The molecule has 1 aromatic carbocycles. The van der Waals surface area contributed by atoms with Gasteiger partial charge in [0.2, 0.25) is 11.8 Å². The molecule has 4 N–H and O–H groups in total. The van der Waals surface area contributed by atoms with Crippen molar-refractivity contribution in [1.82, 2.24) is 9.97 Å². The standard InChI is InChI=1S/C18H23N5O2/c1-12(2)24-11-5-9-20-18-21-10-8-14(23-18)16(19)17-22-13-6-3-4-7-15(13)25-17/h3-4,6-8,10,12,22H,5,9,11,19H2,1-2H3,(H,20,21,23)/b17-16+. The summed E-state index contributed by atoms with van der Waals surface area (Å²) in [5.74, 6) is 1.76. The van der Waals surface area contributed by atoms with E-state index >= 15 is 0 Å². The number of hydrogen-bond acceptors (Lipinski definition) is 7. The molecule has 0 fully saturated rings. The molecule has 2 aromatic rings. The van der Waals surface area contributed by atoms with Crippen molar-refractivity contribution in [3.63, 3.8) is 0 Å². The van der Waals surface area contributed by atoms with Crippen LogP contribution < -0.4 is 21.1 Å². The van der Waals surface area contributed by atoms with Crippen LogP contribution in [0.3, 0.4) is 0 Å². The molecule has 0 spiro atoms. The monoisotopic (exact) mass is 341 g/mol. The molecular formula is C18H23N5O2. The van der Waals surface area contributed by atoms with Crippen molar-refractivity contribution in [2.75, 3.05) is 23.8 Å². The Kier molecular flexibility index (Phi) is 5.35. The molecular weight excluding hydrogens is 318 g/mol. The lowest BCUT2D eigenvalue weighted by atomic mass is 10.3. The van der Waals surface area contributed by atoms with Gasteiger partial charge in [0.15, 0.2) is 5.75 Å². The van der Waals surface area contributed by atoms with Crippen LogP contribution in [0, 0.1) is 0 Å². The Bertz CT molecular complexity index is 734. The number of nitrogens with zero attached hydrogens (tertiary/aromatic N) is 2. The fourth-order valence-corrected chi connectivity index (χ4v) is 2.34. The van der Waals surface area contributed by atoms with Gasteiger partial charge in [-0.2, -0.15) is 0 Å². The number of benzene rings is 1. The van der Waals surface area contributed by atoms with Gasteiger partial charge >= 0.3 is 0 Å². The van der Waals surface area contributed by atoms with Crippen LogP contribution in [-0.4, -0.2) is 29.2 Å². The van der Waals surface area contributed by atoms with E-state index in [1.54, 1.807) is 12.3 Å². The Labute approximate surface area is 147 Å². The van der Waals surface area contributed by atoms with E-state index in [2.05, 4.69) is 20.6 Å². The molecule has 0 unspecified atom stereocenters. The largest absolute Gasteiger partial charge is 0.437 e. The van der Waals surface area contributed by atoms with Gasteiger partial charge in [-0.1, -0.05) is 12.1 Å². The van der Waals surface area contributed by atoms with Gasteiger partial charge in [0.05, 0.1) is 17.5 Å². The molecule has 0 radical (unpaired) electrons. The lowest BCUT2D eigenvalue weighted by molar-refractivity contribution is 0.0787. The molecule has 2 heterocycles. The molecule has 0 amide bonds. The number of ether oxygens (including phenoxy) is 2. The summed E-state index contributed by atoms with van der Waals surface area (Å²) in [5.41, 5.74) is 8.14. The molecule has 3 rings (SSSR count). The van der Waals surface area contributed by atoms with Gasteiger partial charge in [0.25, 0.3) is 0 Å². The van der Waals surface area contributed by atoms with E-state index in [0.717, 1.165) is 24.4 Å². The number of fused-ring (bicyclic) bond motifs is 1. The van der Waals surface area contributed by atoms with E-state index < -0.39 is 0 Å². The maximum absolute atomic E-state index is 6.21. The zero-order valence-corrected chi connectivity index (χ0v) is 14.5. The predicted octanol–water partition coefficient (Wildman–Crippen LogP) is 2.79. The molecule has 7 nitrogen and oxygen atoms in total. The summed E-state index contributed by atoms with van der Waals surface area (Å²) in [7, 11) is 0. The van der Waals surface area contributed by atoms with Crippen molar-refractivity contribution in [3.05, 3.63) is 48.1 Å². The van der Waals surface area contributed by atoms with Gasteiger partial charge in [0.1, 0.15) is 5.70 Å². The average Bonchev–Trinajstić information content (AvgIpc) is 3.05. The second kappa shape index (κ2) is 7.85. The quantitative estimate of drug-likeness (QED) is 0.667. The van der Waals surface area contributed by atoms with E-state index in [-0.39, 0.29) is 6.10 Å². The third kappa shape index (κ3) is 4.39. The van der Waals surface area contributed by atoms with E-state index in [0.29, 0.717) is 29.8 Å². The van der Waals surface area contributed by atoms with Crippen LogP contribution in [0.1, 0.15) is 26.0 Å². The highest BCUT2D eigenvalue weighted by Crippen LogP contribution is 2.34. The van der Waals surface area contributed by atoms with E-state index in [1.807, 2.05) is 38.1 Å². The Balaban J connectivity index is 1.63. The van der Waals surface area contributed by atoms with Crippen LogP contribution in [0.5, 0.6) is 5.75 Å². The third-order valence-electron chi connectivity index (χ3n) is 3.58. The summed E-state index contributed by atoms with van der Waals surface area (Å²) in [6.07, 6.45) is 2.79. The van der Waals surface area contributed by atoms with E-state index in [1.165, 1.54) is 0 Å². The van der Waals surface area contributed by atoms with E-state index in [4.69, 9.17) is 15.2 Å². The first-order chi connectivity index (χ1) is 12.1. The smallest absolute Gasteiger partial charge is 0.223 e. The van der Waals surface area contributed by atoms with E-state index in [9.17, 15) is 0 Å². The summed E-state index contributed by atoms with van der Waals surface area (Å²) < 4.78 is 11.3. The van der Waals surface area contributed by atoms with Gasteiger partial charge in [-0.15, -0.1) is 0 Å². The number of hydrogen-bond donors (Lipinski definition) is 3. The molecule has 0 saturated heterocycles. The highest BCUT2D eigenvalue weighted by atomic mass is 16.5. The van der Waals surface area contributed by atoms with Crippen molar-refractivity contribution >= 4 is 17.3 Å². The summed E-state index contributed by atoms with van der Waals surface area (Å²) in [4.78, 5) is 8.67. The van der Waals surface area contributed by atoms with Gasteiger partial charge in [0, 0.05) is 19.3 Å². The van der Waals surface area contributed by atoms with Crippen molar-refractivity contribution < 1.29 is 9.47 Å². The number of nitrogens with two attached hydrogens (primary N) is 1. The minimum absolute atomic E-state index is 0.244. The van der Waals surface area contributed by atoms with Gasteiger partial charge in [-0.25, -0.2) is 9.97 Å². The second-order valence-corrected chi connectivity index (χ2v) is 5.93. The maximum Gasteiger partial charge on any atom is 0.223 e. The minimum atomic E-state index is 0.244. The van der Waals surface area contributed by atoms with Gasteiger partial charge in [-0.3, -0.25) is 0 Å². The topological polar surface area (TPSA) is 94.3 Å². The molecule has 1 aliphatic heterocycles. The Morgan fingerprint density at radius 1 is 1.32 bits per heavy atom. The third-order valence-corrected chi connectivity index (χ3v) is 3.58. The first-order valence-corrected chi connectivity index (χ1v) is 8.36. The lowest BCUT2D eigenvalue weighted by Gasteiger charge is -2.09. The summed E-state index contributed by atoms with van der Waals surface area (Å²) in [6.45, 7) is 5.47. The maximum atomic E-state index is 6.21. The minimum Gasteiger partial charge on any atom is -0.437 e. The van der Waals surface area contributed by atoms with Crippen molar-refractivity contribution in [1.29, 1.82) is 0 Å². The fraction of sp³-hybridized carbons (Fsp3) is 0.333. The molecule has 7 heteroatoms. The highest BCUT2D eigenvalue weighted by molar-refractivity contribution is 5.73. The number of para-hydroxylation sites is 2. The first-order valence-electron chi connectivity index (χ1n) is 8.36. The van der Waals surface area contributed by atoms with Crippen molar-refractivity contribution in [2.24, 2.45) is 5.73 Å². The van der Waals surface area contributed by atoms with Crippen LogP contribution >= 0.6 is 0 Å². The van der Waals surface area contributed by atoms with Crippen LogP contribution in [-0.2, 0) is 4.74 Å². The van der Waals surface area contributed by atoms with Gasteiger partial charge < -0.3 is 25.8 Å². The zero-order chi connectivity index (χ0) is 17.6.